The minimum absolute atomic E-state index is 0.0253. The van der Waals surface area contributed by atoms with Crippen molar-refractivity contribution in [2.75, 3.05) is 40.1 Å². The van der Waals surface area contributed by atoms with Crippen LogP contribution in [0.2, 0.25) is 0 Å². The van der Waals surface area contributed by atoms with Crippen molar-refractivity contribution in [3.05, 3.63) is 59.2 Å². The van der Waals surface area contributed by atoms with Gasteiger partial charge < -0.3 is 24.4 Å². The van der Waals surface area contributed by atoms with E-state index in [1.54, 1.807) is 30.2 Å². The number of ether oxygens (including phenoxy) is 3. The fraction of sp³-hybridized carbons (Fsp3) is 0.417. The molecule has 2 aliphatic rings. The molecule has 1 fully saturated rings. The summed E-state index contributed by atoms with van der Waals surface area (Å²) in [5.74, 6) is 0.730. The van der Waals surface area contributed by atoms with Crippen molar-refractivity contribution in [3.63, 3.8) is 0 Å². The number of amides is 2. The van der Waals surface area contributed by atoms with Gasteiger partial charge in [-0.25, -0.2) is 0 Å². The Balaban J connectivity index is 1.52. The van der Waals surface area contributed by atoms with Crippen LogP contribution in [0.25, 0.3) is 0 Å². The molecule has 2 aromatic rings. The summed E-state index contributed by atoms with van der Waals surface area (Å²) in [5, 5.41) is 3.01. The van der Waals surface area contributed by atoms with Gasteiger partial charge >= 0.3 is 0 Å². The molecule has 7 heteroatoms. The van der Waals surface area contributed by atoms with Crippen molar-refractivity contribution in [2.45, 2.75) is 19.3 Å². The number of methoxy groups -OCH3 is 1. The van der Waals surface area contributed by atoms with E-state index < -0.39 is 0 Å². The Morgan fingerprint density at radius 1 is 1.10 bits per heavy atom. The molecule has 0 spiro atoms. The summed E-state index contributed by atoms with van der Waals surface area (Å²) in [5.41, 5.74) is 2.77. The van der Waals surface area contributed by atoms with E-state index in [1.165, 1.54) is 0 Å². The summed E-state index contributed by atoms with van der Waals surface area (Å²) in [6.45, 7) is 4.22. The molecule has 0 aromatic heterocycles. The third kappa shape index (κ3) is 4.66. The van der Waals surface area contributed by atoms with Gasteiger partial charge in [0.05, 0.1) is 5.92 Å². The number of hydrogen-bond acceptors (Lipinski definition) is 5. The molecular weight excluding hydrogens is 396 g/mol. The Morgan fingerprint density at radius 3 is 2.65 bits per heavy atom. The second-order valence-corrected chi connectivity index (χ2v) is 8.04. The smallest absolute Gasteiger partial charge is 0.254 e. The van der Waals surface area contributed by atoms with Gasteiger partial charge in [0.2, 0.25) is 12.7 Å². The zero-order valence-electron chi connectivity index (χ0n) is 17.9. The normalized spacial score (nSPS) is 19.5. The van der Waals surface area contributed by atoms with Crippen LogP contribution in [-0.2, 0) is 9.53 Å². The topological polar surface area (TPSA) is 77.1 Å². The molecule has 1 saturated heterocycles. The highest BCUT2D eigenvalue weighted by atomic mass is 16.7. The molecule has 164 valence electrons. The summed E-state index contributed by atoms with van der Waals surface area (Å²) >= 11 is 0. The monoisotopic (exact) mass is 424 g/mol. The quantitative estimate of drug-likeness (QED) is 0.692. The van der Waals surface area contributed by atoms with Gasteiger partial charge in [0.1, 0.15) is 0 Å². The van der Waals surface area contributed by atoms with Gasteiger partial charge in [-0.1, -0.05) is 29.8 Å². The third-order valence-electron chi connectivity index (χ3n) is 5.89. The maximum Gasteiger partial charge on any atom is 0.254 e. The molecule has 0 bridgehead atoms. The molecule has 2 aliphatic heterocycles. The van der Waals surface area contributed by atoms with E-state index in [0.717, 1.165) is 17.5 Å². The molecule has 0 aliphatic carbocycles. The predicted octanol–water partition coefficient (Wildman–Crippen LogP) is 2.73. The molecule has 2 aromatic carbocycles. The molecule has 31 heavy (non-hydrogen) atoms. The molecule has 1 N–H and O–H groups in total. The SMILES string of the molecule is COCCCNC(=O)C1CN(C(=O)c2ccc3c(c2)OCO3)CC1c1ccc(C)cc1. The van der Waals surface area contributed by atoms with Gasteiger partial charge in [0, 0.05) is 44.8 Å². The molecule has 2 unspecified atom stereocenters. The lowest BCUT2D eigenvalue weighted by Crippen LogP contribution is -2.36. The van der Waals surface area contributed by atoms with Gasteiger partial charge in [-0.3, -0.25) is 9.59 Å². The Labute approximate surface area is 182 Å². The van der Waals surface area contributed by atoms with Crippen molar-refractivity contribution < 1.29 is 23.8 Å². The van der Waals surface area contributed by atoms with E-state index in [9.17, 15) is 9.59 Å². The highest BCUT2D eigenvalue weighted by Crippen LogP contribution is 2.36. The van der Waals surface area contributed by atoms with Crippen molar-refractivity contribution >= 4 is 11.8 Å². The van der Waals surface area contributed by atoms with Gasteiger partial charge in [0.15, 0.2) is 11.5 Å². The predicted molar refractivity (Wildman–Crippen MR) is 115 cm³/mol. The molecule has 2 amide bonds. The minimum Gasteiger partial charge on any atom is -0.454 e. The van der Waals surface area contributed by atoms with Crippen LogP contribution in [0.3, 0.4) is 0 Å². The van der Waals surface area contributed by atoms with E-state index >= 15 is 0 Å². The van der Waals surface area contributed by atoms with E-state index in [1.807, 2.05) is 19.1 Å². The van der Waals surface area contributed by atoms with Crippen LogP contribution in [0.5, 0.6) is 11.5 Å². The number of carbonyl (C=O) groups excluding carboxylic acids is 2. The first-order chi connectivity index (χ1) is 15.1. The Morgan fingerprint density at radius 2 is 1.87 bits per heavy atom. The fourth-order valence-electron chi connectivity index (χ4n) is 4.16. The maximum absolute atomic E-state index is 13.2. The number of rotatable bonds is 7. The molecule has 0 saturated carbocycles. The average Bonchev–Trinajstić information content (AvgIpc) is 3.43. The number of nitrogens with one attached hydrogen (secondary N) is 1. The third-order valence-corrected chi connectivity index (χ3v) is 5.89. The van der Waals surface area contributed by atoms with Crippen LogP contribution >= 0.6 is 0 Å². The van der Waals surface area contributed by atoms with Crippen molar-refractivity contribution in [3.8, 4) is 11.5 Å². The van der Waals surface area contributed by atoms with Crippen LogP contribution < -0.4 is 14.8 Å². The number of fused-ring (bicyclic) bond motifs is 1. The lowest BCUT2D eigenvalue weighted by molar-refractivity contribution is -0.124. The molecular formula is C24H28N2O5. The van der Waals surface area contributed by atoms with E-state index in [-0.39, 0.29) is 30.4 Å². The summed E-state index contributed by atoms with van der Waals surface area (Å²) in [4.78, 5) is 28.0. The Bertz CT molecular complexity index is 943. The van der Waals surface area contributed by atoms with E-state index in [4.69, 9.17) is 14.2 Å². The van der Waals surface area contributed by atoms with Crippen LogP contribution in [0, 0.1) is 12.8 Å². The Hall–Kier alpha value is -3.06. The van der Waals surface area contributed by atoms with E-state index in [0.29, 0.717) is 43.3 Å². The number of carbonyl (C=O) groups is 2. The molecule has 2 atom stereocenters. The molecule has 0 radical (unpaired) electrons. The second kappa shape index (κ2) is 9.39. The first-order valence-corrected chi connectivity index (χ1v) is 10.6. The average molecular weight is 424 g/mol. The standard InChI is InChI=1S/C24H28N2O5/c1-16-4-6-17(7-5-16)19-13-26(14-20(19)23(27)25-10-3-11-29-2)24(28)18-8-9-21-22(12-18)31-15-30-21/h4-9,12,19-20H,3,10-11,13-15H2,1-2H3,(H,25,27). The first-order valence-electron chi connectivity index (χ1n) is 10.6. The van der Waals surface area contributed by atoms with Crippen molar-refractivity contribution in [1.29, 1.82) is 0 Å². The van der Waals surface area contributed by atoms with E-state index in [2.05, 4.69) is 17.4 Å². The van der Waals surface area contributed by atoms with Gasteiger partial charge in [-0.15, -0.1) is 0 Å². The summed E-state index contributed by atoms with van der Waals surface area (Å²) in [6, 6.07) is 13.4. The number of benzene rings is 2. The minimum atomic E-state index is -0.303. The van der Waals surface area contributed by atoms with Gasteiger partial charge in [-0.2, -0.15) is 0 Å². The van der Waals surface area contributed by atoms with Gasteiger partial charge in [-0.05, 0) is 37.1 Å². The largest absolute Gasteiger partial charge is 0.454 e. The Kier molecular flexibility index (Phi) is 6.42. The summed E-state index contributed by atoms with van der Waals surface area (Å²) < 4.78 is 15.8. The lowest BCUT2D eigenvalue weighted by atomic mass is 9.88. The highest BCUT2D eigenvalue weighted by Gasteiger charge is 2.40. The zero-order chi connectivity index (χ0) is 21.8. The van der Waals surface area contributed by atoms with Crippen LogP contribution in [0.1, 0.15) is 33.8 Å². The molecule has 7 nitrogen and oxygen atoms in total. The summed E-state index contributed by atoms with van der Waals surface area (Å²) in [6.07, 6.45) is 0.754. The number of hydrogen-bond donors (Lipinski definition) is 1. The zero-order valence-corrected chi connectivity index (χ0v) is 17.9. The lowest BCUT2D eigenvalue weighted by Gasteiger charge is -2.18. The molecule has 4 rings (SSSR count). The first kappa shape index (κ1) is 21.2. The number of likely N-dealkylation sites (tertiary alicyclic amines) is 1. The molecule has 2 heterocycles. The highest BCUT2D eigenvalue weighted by molar-refractivity contribution is 5.96. The van der Waals surface area contributed by atoms with Crippen LogP contribution in [0.4, 0.5) is 0 Å². The number of nitrogens with zero attached hydrogens (tertiary/aromatic N) is 1. The fourth-order valence-corrected chi connectivity index (χ4v) is 4.16. The maximum atomic E-state index is 13.2. The second-order valence-electron chi connectivity index (χ2n) is 8.04. The van der Waals surface area contributed by atoms with Crippen LogP contribution in [-0.4, -0.2) is 56.9 Å². The van der Waals surface area contributed by atoms with Crippen molar-refractivity contribution in [2.24, 2.45) is 5.92 Å². The number of aryl methyl sites for hydroxylation is 1. The van der Waals surface area contributed by atoms with Crippen molar-refractivity contribution in [1.82, 2.24) is 10.2 Å². The van der Waals surface area contributed by atoms with Crippen LogP contribution in [0.15, 0.2) is 42.5 Å². The van der Waals surface area contributed by atoms with Gasteiger partial charge in [0.25, 0.3) is 5.91 Å². The summed E-state index contributed by atoms with van der Waals surface area (Å²) in [7, 11) is 1.64.